The maximum absolute atomic E-state index is 2.38. The molecule has 0 nitrogen and oxygen atoms in total. The summed E-state index contributed by atoms with van der Waals surface area (Å²) in [7, 11) is 0. The highest BCUT2D eigenvalue weighted by molar-refractivity contribution is 7.99. The topological polar surface area (TPSA) is 0 Å². The summed E-state index contributed by atoms with van der Waals surface area (Å²) < 4.78 is 0. The van der Waals surface area contributed by atoms with E-state index in [-0.39, 0.29) is 0 Å². The molecule has 0 bridgehead atoms. The minimum Gasteiger partial charge on any atom is -0.0888 e. The lowest BCUT2D eigenvalue weighted by atomic mass is 9.87. The summed E-state index contributed by atoms with van der Waals surface area (Å²) in [4.78, 5) is 2.67. The van der Waals surface area contributed by atoms with Gasteiger partial charge in [-0.25, -0.2) is 0 Å². The van der Waals surface area contributed by atoms with Crippen molar-refractivity contribution in [2.75, 3.05) is 0 Å². The highest BCUT2D eigenvalue weighted by Gasteiger charge is 2.20. The Kier molecular flexibility index (Phi) is 4.75. The standard InChI is InChI=1S/C42H24S/c1-2-13-38-34(9-1)36-12-5-11-35-31(22-23-39(43-38)42(35)36)29-18-19-30-28(24-29)8-4-10-32(30)33-20-16-27-15-14-25-6-3-7-26-17-21-37(33)41(27)40(25)26/h1-24H. The normalized spacial score (nSPS) is 12.6. The summed E-state index contributed by atoms with van der Waals surface area (Å²) in [6, 6.07) is 54.3. The first-order valence-electron chi connectivity index (χ1n) is 14.8. The van der Waals surface area contributed by atoms with Gasteiger partial charge in [-0.05, 0) is 100 Å². The van der Waals surface area contributed by atoms with Crippen molar-refractivity contribution in [3.8, 4) is 33.4 Å². The van der Waals surface area contributed by atoms with Crippen molar-refractivity contribution in [1.29, 1.82) is 0 Å². The second-order valence-corrected chi connectivity index (χ2v) is 12.7. The van der Waals surface area contributed by atoms with E-state index in [1.807, 2.05) is 11.8 Å². The Labute approximate surface area is 253 Å². The smallest absolute Gasteiger partial charge is 0.0207 e. The molecule has 1 heteroatoms. The second-order valence-electron chi connectivity index (χ2n) is 11.6. The average molecular weight is 561 g/mol. The van der Waals surface area contributed by atoms with Gasteiger partial charge in [-0.1, -0.05) is 139 Å². The monoisotopic (exact) mass is 560 g/mol. The van der Waals surface area contributed by atoms with Crippen LogP contribution >= 0.6 is 11.8 Å². The van der Waals surface area contributed by atoms with Crippen LogP contribution in [0.5, 0.6) is 0 Å². The lowest BCUT2D eigenvalue weighted by Gasteiger charge is -2.21. The fourth-order valence-electron chi connectivity index (χ4n) is 7.49. The molecule has 0 radical (unpaired) electrons. The number of hydrogen-bond donors (Lipinski definition) is 0. The van der Waals surface area contributed by atoms with Crippen molar-refractivity contribution in [1.82, 2.24) is 0 Å². The van der Waals surface area contributed by atoms with E-state index in [0.717, 1.165) is 0 Å². The van der Waals surface area contributed by atoms with Crippen LogP contribution in [0, 0.1) is 0 Å². The molecule has 0 spiro atoms. The number of benzene rings is 9. The van der Waals surface area contributed by atoms with Crippen molar-refractivity contribution in [3.63, 3.8) is 0 Å². The zero-order valence-electron chi connectivity index (χ0n) is 23.3. The Hall–Kier alpha value is -5.11. The molecular formula is C42H24S. The van der Waals surface area contributed by atoms with Crippen LogP contribution in [-0.2, 0) is 0 Å². The van der Waals surface area contributed by atoms with E-state index in [1.165, 1.54) is 97.0 Å². The largest absolute Gasteiger partial charge is 0.0888 e. The molecular weight excluding hydrogens is 537 g/mol. The van der Waals surface area contributed by atoms with Crippen molar-refractivity contribution >= 4 is 65.6 Å². The Morgan fingerprint density at radius 2 is 0.930 bits per heavy atom. The van der Waals surface area contributed by atoms with Crippen LogP contribution in [0.25, 0.3) is 87.2 Å². The van der Waals surface area contributed by atoms with Gasteiger partial charge in [0, 0.05) is 15.2 Å². The van der Waals surface area contributed by atoms with Gasteiger partial charge in [-0.3, -0.25) is 0 Å². The van der Waals surface area contributed by atoms with Crippen LogP contribution in [-0.4, -0.2) is 0 Å². The van der Waals surface area contributed by atoms with Crippen molar-refractivity contribution in [2.45, 2.75) is 9.79 Å². The van der Waals surface area contributed by atoms with E-state index in [0.29, 0.717) is 0 Å². The van der Waals surface area contributed by atoms with E-state index < -0.39 is 0 Å². The van der Waals surface area contributed by atoms with Crippen LogP contribution in [0.3, 0.4) is 0 Å². The molecule has 9 aromatic rings. The van der Waals surface area contributed by atoms with Gasteiger partial charge in [-0.15, -0.1) is 0 Å². The Bertz CT molecular complexity index is 2570. The predicted octanol–water partition coefficient (Wildman–Crippen LogP) is 12.4. The maximum Gasteiger partial charge on any atom is 0.0207 e. The third-order valence-electron chi connectivity index (χ3n) is 9.41. The molecule has 0 atom stereocenters. The molecule has 1 heterocycles. The number of rotatable bonds is 2. The third kappa shape index (κ3) is 3.29. The molecule has 0 fully saturated rings. The zero-order valence-corrected chi connectivity index (χ0v) is 24.1. The van der Waals surface area contributed by atoms with E-state index in [4.69, 9.17) is 0 Å². The Balaban J connectivity index is 1.17. The van der Waals surface area contributed by atoms with Crippen LogP contribution in [0.4, 0.5) is 0 Å². The van der Waals surface area contributed by atoms with Crippen LogP contribution in [0.15, 0.2) is 155 Å². The molecule has 0 saturated carbocycles. The number of fused-ring (bicyclic) bond motifs is 3. The van der Waals surface area contributed by atoms with E-state index in [1.54, 1.807) is 0 Å². The Morgan fingerprint density at radius 3 is 1.86 bits per heavy atom. The van der Waals surface area contributed by atoms with Crippen molar-refractivity contribution in [2.24, 2.45) is 0 Å². The van der Waals surface area contributed by atoms with Gasteiger partial charge in [0.2, 0.25) is 0 Å². The average Bonchev–Trinajstić information content (AvgIpc) is 3.07. The molecule has 198 valence electrons. The molecule has 0 aromatic heterocycles. The molecule has 9 aromatic carbocycles. The zero-order chi connectivity index (χ0) is 28.1. The van der Waals surface area contributed by atoms with Gasteiger partial charge >= 0.3 is 0 Å². The highest BCUT2D eigenvalue weighted by Crippen LogP contribution is 2.50. The predicted molar refractivity (Wildman–Crippen MR) is 186 cm³/mol. The fraction of sp³-hybridized carbons (Fsp3) is 0. The van der Waals surface area contributed by atoms with Crippen molar-refractivity contribution in [3.05, 3.63) is 146 Å². The second kappa shape index (κ2) is 8.70. The first kappa shape index (κ1) is 23.5. The molecule has 1 aliphatic rings. The van der Waals surface area contributed by atoms with Gasteiger partial charge in [0.1, 0.15) is 0 Å². The van der Waals surface area contributed by atoms with E-state index in [2.05, 4.69) is 146 Å². The molecule has 0 N–H and O–H groups in total. The van der Waals surface area contributed by atoms with Crippen molar-refractivity contribution < 1.29 is 0 Å². The van der Waals surface area contributed by atoms with Gasteiger partial charge < -0.3 is 0 Å². The third-order valence-corrected chi connectivity index (χ3v) is 10.5. The minimum atomic E-state index is 1.26. The summed E-state index contributed by atoms with van der Waals surface area (Å²) in [5, 5.41) is 13.2. The first-order valence-corrected chi connectivity index (χ1v) is 15.7. The lowest BCUT2D eigenvalue weighted by Crippen LogP contribution is -1.94. The molecule has 1 aliphatic heterocycles. The van der Waals surface area contributed by atoms with Gasteiger partial charge in [-0.2, -0.15) is 0 Å². The molecule has 43 heavy (non-hydrogen) atoms. The van der Waals surface area contributed by atoms with E-state index in [9.17, 15) is 0 Å². The quantitative estimate of drug-likeness (QED) is 0.190. The van der Waals surface area contributed by atoms with Gasteiger partial charge in [0.05, 0.1) is 0 Å². The molecule has 0 saturated heterocycles. The molecule has 0 unspecified atom stereocenters. The summed E-state index contributed by atoms with van der Waals surface area (Å²) in [5.41, 5.74) is 7.79. The Morgan fingerprint density at radius 1 is 0.302 bits per heavy atom. The highest BCUT2D eigenvalue weighted by atomic mass is 32.2. The lowest BCUT2D eigenvalue weighted by molar-refractivity contribution is 1.40. The molecule has 10 rings (SSSR count). The SMILES string of the molecule is c1ccc2c(c1)Sc1ccc(-c3ccc4c(-c5ccc6ccc7cccc8ccc5c6c78)cccc4c3)c3cccc-2c13. The van der Waals surface area contributed by atoms with E-state index >= 15 is 0 Å². The summed E-state index contributed by atoms with van der Waals surface area (Å²) >= 11 is 1.88. The van der Waals surface area contributed by atoms with Crippen LogP contribution in [0.1, 0.15) is 0 Å². The molecule has 0 amide bonds. The first-order chi connectivity index (χ1) is 21.3. The number of hydrogen-bond acceptors (Lipinski definition) is 1. The van der Waals surface area contributed by atoms with Gasteiger partial charge in [0.25, 0.3) is 0 Å². The summed E-state index contributed by atoms with van der Waals surface area (Å²) in [6.07, 6.45) is 0. The van der Waals surface area contributed by atoms with Gasteiger partial charge in [0.15, 0.2) is 0 Å². The fourth-order valence-corrected chi connectivity index (χ4v) is 8.62. The van der Waals surface area contributed by atoms with Crippen LogP contribution in [0.2, 0.25) is 0 Å². The maximum atomic E-state index is 2.38. The summed E-state index contributed by atoms with van der Waals surface area (Å²) in [6.45, 7) is 0. The van der Waals surface area contributed by atoms with Crippen LogP contribution < -0.4 is 0 Å². The summed E-state index contributed by atoms with van der Waals surface area (Å²) in [5.74, 6) is 0. The molecule has 0 aliphatic carbocycles. The minimum absolute atomic E-state index is 1.26.